The van der Waals surface area contributed by atoms with E-state index in [9.17, 15) is 0 Å². The zero-order valence-electron chi connectivity index (χ0n) is 13.7. The van der Waals surface area contributed by atoms with Crippen molar-refractivity contribution in [3.63, 3.8) is 0 Å². The summed E-state index contributed by atoms with van der Waals surface area (Å²) >= 11 is 0. The molecule has 0 heterocycles. The van der Waals surface area contributed by atoms with Gasteiger partial charge in [0.25, 0.3) is 0 Å². The van der Waals surface area contributed by atoms with Crippen LogP contribution in [0.3, 0.4) is 0 Å². The van der Waals surface area contributed by atoms with Gasteiger partial charge in [-0.3, -0.25) is 0 Å². The van der Waals surface area contributed by atoms with E-state index in [2.05, 4.69) is 72.0 Å². The summed E-state index contributed by atoms with van der Waals surface area (Å²) < 4.78 is 0. The van der Waals surface area contributed by atoms with Gasteiger partial charge in [0.05, 0.1) is 0 Å². The molecule has 0 aliphatic carbocycles. The molecule has 0 bridgehead atoms. The van der Waals surface area contributed by atoms with Crippen molar-refractivity contribution in [1.29, 1.82) is 0 Å². The third-order valence-corrected chi connectivity index (χ3v) is 4.78. The van der Waals surface area contributed by atoms with Gasteiger partial charge in [-0.15, -0.1) is 0 Å². The molecular formula is C19H25N. The first kappa shape index (κ1) is 14.6. The Morgan fingerprint density at radius 1 is 0.600 bits per heavy atom. The zero-order valence-corrected chi connectivity index (χ0v) is 13.7. The van der Waals surface area contributed by atoms with Crippen LogP contribution in [0, 0.1) is 48.5 Å². The Kier molecular flexibility index (Phi) is 3.89. The Hall–Kier alpha value is -1.76. The van der Waals surface area contributed by atoms with Gasteiger partial charge in [0.15, 0.2) is 0 Å². The van der Waals surface area contributed by atoms with Crippen LogP contribution in [-0.4, -0.2) is 0 Å². The first-order chi connectivity index (χ1) is 9.32. The van der Waals surface area contributed by atoms with Crippen LogP contribution in [0.1, 0.15) is 38.9 Å². The molecule has 1 nitrogen and oxygen atoms in total. The first-order valence-electron chi connectivity index (χ1n) is 7.24. The molecule has 1 N–H and O–H groups in total. The first-order valence-corrected chi connectivity index (χ1v) is 7.24. The van der Waals surface area contributed by atoms with Crippen LogP contribution in [0.4, 0.5) is 11.4 Å². The fourth-order valence-electron chi connectivity index (χ4n) is 2.65. The van der Waals surface area contributed by atoms with Crippen LogP contribution in [0.25, 0.3) is 0 Å². The van der Waals surface area contributed by atoms with Crippen LogP contribution in [-0.2, 0) is 0 Å². The summed E-state index contributed by atoms with van der Waals surface area (Å²) in [5.41, 5.74) is 12.0. The minimum absolute atomic E-state index is 1.17. The van der Waals surface area contributed by atoms with Gasteiger partial charge < -0.3 is 5.32 Å². The molecule has 20 heavy (non-hydrogen) atoms. The highest BCUT2D eigenvalue weighted by molar-refractivity contribution is 5.71. The third-order valence-electron chi connectivity index (χ3n) is 4.78. The average Bonchev–Trinajstić information content (AvgIpc) is 2.43. The number of aryl methyl sites for hydroxylation is 2. The van der Waals surface area contributed by atoms with Crippen molar-refractivity contribution in [1.82, 2.24) is 0 Å². The highest BCUT2D eigenvalue weighted by Crippen LogP contribution is 2.32. The van der Waals surface area contributed by atoms with Gasteiger partial charge in [-0.05, 0) is 99.5 Å². The van der Waals surface area contributed by atoms with Gasteiger partial charge >= 0.3 is 0 Å². The molecule has 0 unspecified atom stereocenters. The molecule has 0 atom stereocenters. The van der Waals surface area contributed by atoms with Gasteiger partial charge in [0.2, 0.25) is 0 Å². The van der Waals surface area contributed by atoms with Gasteiger partial charge in [0.1, 0.15) is 0 Å². The Morgan fingerprint density at radius 2 is 1.10 bits per heavy atom. The van der Waals surface area contributed by atoms with Gasteiger partial charge in [0, 0.05) is 11.4 Å². The molecular weight excluding hydrogens is 242 g/mol. The largest absolute Gasteiger partial charge is 0.355 e. The lowest BCUT2D eigenvalue weighted by Gasteiger charge is -2.20. The zero-order chi connectivity index (χ0) is 15.0. The topological polar surface area (TPSA) is 12.0 Å². The molecule has 2 rings (SSSR count). The van der Waals surface area contributed by atoms with Crippen molar-refractivity contribution in [3.05, 3.63) is 57.1 Å². The molecule has 0 saturated carbocycles. The summed E-state index contributed by atoms with van der Waals surface area (Å²) in [6, 6.07) is 6.56. The van der Waals surface area contributed by atoms with Crippen molar-refractivity contribution in [3.8, 4) is 0 Å². The van der Waals surface area contributed by atoms with E-state index in [1.165, 1.54) is 50.3 Å². The summed E-state index contributed by atoms with van der Waals surface area (Å²) in [6.45, 7) is 15.4. The minimum Gasteiger partial charge on any atom is -0.355 e. The number of hydrogen-bond donors (Lipinski definition) is 1. The van der Waals surface area contributed by atoms with Gasteiger partial charge in [-0.25, -0.2) is 0 Å². The molecule has 0 amide bonds. The van der Waals surface area contributed by atoms with Crippen molar-refractivity contribution in [2.24, 2.45) is 0 Å². The van der Waals surface area contributed by atoms with Gasteiger partial charge in [-0.1, -0.05) is 6.07 Å². The van der Waals surface area contributed by atoms with E-state index in [1.54, 1.807) is 0 Å². The molecule has 0 aliphatic heterocycles. The number of hydrogen-bond acceptors (Lipinski definition) is 1. The molecule has 0 radical (unpaired) electrons. The number of rotatable bonds is 2. The predicted octanol–water partition coefficient (Wildman–Crippen LogP) is 5.59. The lowest BCUT2D eigenvalue weighted by atomic mass is 9.93. The van der Waals surface area contributed by atoms with Crippen molar-refractivity contribution in [2.75, 3.05) is 5.32 Å². The van der Waals surface area contributed by atoms with E-state index in [0.717, 1.165) is 0 Å². The highest BCUT2D eigenvalue weighted by atomic mass is 14.9. The third kappa shape index (κ3) is 2.45. The molecule has 2 aromatic rings. The average molecular weight is 267 g/mol. The summed E-state index contributed by atoms with van der Waals surface area (Å²) in [5, 5.41) is 3.62. The van der Waals surface area contributed by atoms with Crippen molar-refractivity contribution in [2.45, 2.75) is 48.5 Å². The molecule has 0 saturated heterocycles. The summed E-state index contributed by atoms with van der Waals surface area (Å²) in [6.07, 6.45) is 0. The van der Waals surface area contributed by atoms with E-state index < -0.39 is 0 Å². The summed E-state index contributed by atoms with van der Waals surface area (Å²) in [7, 11) is 0. The maximum atomic E-state index is 3.62. The second kappa shape index (κ2) is 5.32. The number of benzene rings is 2. The minimum atomic E-state index is 1.17. The van der Waals surface area contributed by atoms with Crippen LogP contribution in [0.5, 0.6) is 0 Å². The smallest absolute Gasteiger partial charge is 0.0449 e. The fourth-order valence-corrected chi connectivity index (χ4v) is 2.65. The molecule has 0 spiro atoms. The van der Waals surface area contributed by atoms with E-state index in [1.807, 2.05) is 0 Å². The van der Waals surface area contributed by atoms with Crippen LogP contribution >= 0.6 is 0 Å². The molecule has 0 aromatic heterocycles. The second-order valence-electron chi connectivity index (χ2n) is 5.92. The highest BCUT2D eigenvalue weighted by Gasteiger charge is 2.12. The quantitative estimate of drug-likeness (QED) is 0.748. The lowest BCUT2D eigenvalue weighted by Crippen LogP contribution is -2.03. The Labute approximate surface area is 123 Å². The summed E-state index contributed by atoms with van der Waals surface area (Å²) in [5.74, 6) is 0. The van der Waals surface area contributed by atoms with Crippen LogP contribution in [0.15, 0.2) is 18.2 Å². The van der Waals surface area contributed by atoms with Gasteiger partial charge in [-0.2, -0.15) is 0 Å². The SMILES string of the molecule is Cc1ccc(Nc2c(C)c(C)c(C)c(C)c2C)cc1C. The maximum Gasteiger partial charge on any atom is 0.0449 e. The second-order valence-corrected chi connectivity index (χ2v) is 5.92. The maximum absolute atomic E-state index is 3.62. The standard InChI is InChI=1S/C19H25N/c1-11-8-9-18(10-12(11)2)20-19-16(6)14(4)13(3)15(5)17(19)7/h8-10,20H,1-7H3. The Morgan fingerprint density at radius 3 is 1.60 bits per heavy atom. The molecule has 0 aliphatic rings. The molecule has 2 aromatic carbocycles. The normalized spacial score (nSPS) is 10.8. The summed E-state index contributed by atoms with van der Waals surface area (Å²) in [4.78, 5) is 0. The van der Waals surface area contributed by atoms with E-state index in [-0.39, 0.29) is 0 Å². The van der Waals surface area contributed by atoms with E-state index >= 15 is 0 Å². The van der Waals surface area contributed by atoms with Crippen LogP contribution in [0.2, 0.25) is 0 Å². The fraction of sp³-hybridized carbons (Fsp3) is 0.368. The van der Waals surface area contributed by atoms with Crippen molar-refractivity contribution >= 4 is 11.4 Å². The number of anilines is 2. The molecule has 1 heteroatoms. The predicted molar refractivity (Wildman–Crippen MR) is 89.3 cm³/mol. The van der Waals surface area contributed by atoms with Crippen LogP contribution < -0.4 is 5.32 Å². The van der Waals surface area contributed by atoms with Crippen molar-refractivity contribution < 1.29 is 0 Å². The Bertz CT molecular complexity index is 637. The monoisotopic (exact) mass is 267 g/mol. The Balaban J connectivity index is 2.51. The van der Waals surface area contributed by atoms with E-state index in [0.29, 0.717) is 0 Å². The molecule has 0 fully saturated rings. The lowest BCUT2D eigenvalue weighted by molar-refractivity contribution is 1.17. The molecule has 106 valence electrons. The van der Waals surface area contributed by atoms with E-state index in [4.69, 9.17) is 0 Å². The number of nitrogens with one attached hydrogen (secondary N) is 1.